The number of H-pyrrole nitrogens is 1. The summed E-state index contributed by atoms with van der Waals surface area (Å²) in [5.41, 5.74) is 6.96. The maximum Gasteiger partial charge on any atom is 0.315 e. The molecule has 1 aliphatic heterocycles. The van der Waals surface area contributed by atoms with E-state index in [-0.39, 0.29) is 24.8 Å². The van der Waals surface area contributed by atoms with Crippen molar-refractivity contribution in [3.8, 4) is 11.1 Å². The molecule has 0 saturated carbocycles. The van der Waals surface area contributed by atoms with Crippen molar-refractivity contribution in [2.45, 2.75) is 49.8 Å². The SMILES string of the molecule is O=C(NCc1ccccc1)NCc1ccccc1-c1ccc([C@@H]2O[C@H](CSc3ncn[nH]3)C[C@H](c3ccc(CO)cc3)O2)cc1. The minimum absolute atomic E-state index is 0.000975. The molecular formula is C35H35N5O4S. The highest BCUT2D eigenvalue weighted by Gasteiger charge is 2.32. The smallest absolute Gasteiger partial charge is 0.315 e. The number of ether oxygens (including phenoxy) is 2. The van der Waals surface area contributed by atoms with Crippen LogP contribution in [0, 0.1) is 0 Å². The van der Waals surface area contributed by atoms with Crippen LogP contribution in [0.3, 0.4) is 0 Å². The number of aliphatic hydroxyl groups is 1. The molecule has 1 aliphatic rings. The van der Waals surface area contributed by atoms with Crippen LogP contribution in [-0.4, -0.2) is 38.2 Å². The topological polar surface area (TPSA) is 121 Å². The van der Waals surface area contributed by atoms with Gasteiger partial charge in [0.1, 0.15) is 6.33 Å². The van der Waals surface area contributed by atoms with Gasteiger partial charge in [-0.05, 0) is 33.4 Å². The lowest BCUT2D eigenvalue weighted by atomic mass is 9.98. The lowest BCUT2D eigenvalue weighted by Gasteiger charge is -2.36. The molecule has 10 heteroatoms. The largest absolute Gasteiger partial charge is 0.392 e. The fourth-order valence-electron chi connectivity index (χ4n) is 5.25. The monoisotopic (exact) mass is 621 g/mol. The summed E-state index contributed by atoms with van der Waals surface area (Å²) in [5.74, 6) is 0.692. The molecule has 4 aromatic carbocycles. The van der Waals surface area contributed by atoms with Gasteiger partial charge in [-0.25, -0.2) is 9.78 Å². The minimum atomic E-state index is -0.555. The van der Waals surface area contributed by atoms with Gasteiger partial charge in [-0.1, -0.05) is 115 Å². The second-order valence-electron chi connectivity index (χ2n) is 10.8. The molecule has 1 saturated heterocycles. The Hall–Kier alpha value is -4.48. The number of hydrogen-bond acceptors (Lipinski definition) is 7. The summed E-state index contributed by atoms with van der Waals surface area (Å²) in [6, 6.07) is 33.7. The molecule has 0 radical (unpaired) electrons. The third-order valence-electron chi connectivity index (χ3n) is 7.66. The van der Waals surface area contributed by atoms with Crippen molar-refractivity contribution in [3.05, 3.63) is 137 Å². The van der Waals surface area contributed by atoms with Crippen LogP contribution in [0.4, 0.5) is 4.79 Å². The quantitative estimate of drug-likeness (QED) is 0.128. The number of hydrogen-bond donors (Lipinski definition) is 4. The first-order chi connectivity index (χ1) is 22.1. The first-order valence-electron chi connectivity index (χ1n) is 14.9. The van der Waals surface area contributed by atoms with Gasteiger partial charge in [0.2, 0.25) is 0 Å². The number of amides is 2. The van der Waals surface area contributed by atoms with E-state index >= 15 is 0 Å². The zero-order chi connectivity index (χ0) is 30.8. The molecule has 45 heavy (non-hydrogen) atoms. The second kappa shape index (κ2) is 15.0. The van der Waals surface area contributed by atoms with E-state index in [1.54, 1.807) is 11.8 Å². The highest BCUT2D eigenvalue weighted by atomic mass is 32.2. The van der Waals surface area contributed by atoms with Crippen molar-refractivity contribution in [2.75, 3.05) is 5.75 Å². The molecule has 230 valence electrons. The summed E-state index contributed by atoms with van der Waals surface area (Å²) < 4.78 is 13.0. The van der Waals surface area contributed by atoms with Gasteiger partial charge >= 0.3 is 6.03 Å². The average Bonchev–Trinajstić information content (AvgIpc) is 3.63. The summed E-state index contributed by atoms with van der Waals surface area (Å²) in [6.07, 6.45) is 1.38. The lowest BCUT2D eigenvalue weighted by molar-refractivity contribution is -0.245. The molecule has 1 fully saturated rings. The van der Waals surface area contributed by atoms with Gasteiger partial charge in [0.25, 0.3) is 0 Å². The third kappa shape index (κ3) is 8.17. The Morgan fingerprint density at radius 2 is 1.58 bits per heavy atom. The van der Waals surface area contributed by atoms with Gasteiger partial charge in [0, 0.05) is 30.8 Å². The van der Waals surface area contributed by atoms with Crippen LogP contribution in [0.25, 0.3) is 11.1 Å². The third-order valence-corrected chi connectivity index (χ3v) is 8.67. The van der Waals surface area contributed by atoms with Crippen molar-refractivity contribution in [1.82, 2.24) is 25.8 Å². The van der Waals surface area contributed by atoms with Crippen LogP contribution >= 0.6 is 11.8 Å². The summed E-state index contributed by atoms with van der Waals surface area (Å²) in [5, 5.41) is 23.0. The standard InChI is InChI=1S/C35H35N5O4S/c41-21-25-10-12-27(13-11-25)32-18-30(22-45-35-38-23-39-40-35)43-33(44-32)28-16-14-26(15-17-28)31-9-5-4-8-29(31)20-37-34(42)36-19-24-6-2-1-3-7-24/h1-17,23,30,32-33,41H,18-22H2,(H2,36,37,42)(H,38,39,40)/t30-,32+,33+/m0/s1. The zero-order valence-corrected chi connectivity index (χ0v) is 25.5. The molecule has 0 aliphatic carbocycles. The van der Waals surface area contributed by atoms with Crippen LogP contribution < -0.4 is 10.6 Å². The van der Waals surface area contributed by atoms with Gasteiger partial charge in [-0.2, -0.15) is 5.10 Å². The Balaban J connectivity index is 1.14. The van der Waals surface area contributed by atoms with Crippen molar-refractivity contribution in [1.29, 1.82) is 0 Å². The Labute approximate surface area is 266 Å². The Morgan fingerprint density at radius 1 is 0.844 bits per heavy atom. The molecule has 0 unspecified atom stereocenters. The molecule has 3 atom stereocenters. The molecule has 0 bridgehead atoms. The average molecular weight is 622 g/mol. The maximum absolute atomic E-state index is 12.5. The number of rotatable bonds is 11. The molecule has 9 nitrogen and oxygen atoms in total. The predicted molar refractivity (Wildman–Crippen MR) is 173 cm³/mol. The van der Waals surface area contributed by atoms with Crippen LogP contribution in [0.5, 0.6) is 0 Å². The molecule has 2 heterocycles. The number of urea groups is 1. The van der Waals surface area contributed by atoms with Crippen molar-refractivity contribution in [2.24, 2.45) is 0 Å². The number of aromatic amines is 1. The van der Waals surface area contributed by atoms with Gasteiger partial charge in [0.05, 0.1) is 18.8 Å². The number of nitrogens with one attached hydrogen (secondary N) is 3. The normalized spacial score (nSPS) is 17.9. The molecule has 0 spiro atoms. The number of carbonyl (C=O) groups excluding carboxylic acids is 1. The number of carbonyl (C=O) groups is 1. The van der Waals surface area contributed by atoms with E-state index in [2.05, 4.69) is 44.0 Å². The van der Waals surface area contributed by atoms with E-state index < -0.39 is 6.29 Å². The van der Waals surface area contributed by atoms with E-state index in [0.717, 1.165) is 44.1 Å². The highest BCUT2D eigenvalue weighted by Crippen LogP contribution is 2.39. The molecule has 6 rings (SSSR count). The molecule has 1 aromatic heterocycles. The number of aliphatic hydroxyl groups excluding tert-OH is 1. The van der Waals surface area contributed by atoms with Gasteiger partial charge < -0.3 is 25.2 Å². The van der Waals surface area contributed by atoms with Crippen LogP contribution in [0.1, 0.15) is 46.6 Å². The van der Waals surface area contributed by atoms with Crippen molar-refractivity contribution >= 4 is 17.8 Å². The summed E-state index contributed by atoms with van der Waals surface area (Å²) in [4.78, 5) is 16.7. The number of thioether (sulfide) groups is 1. The van der Waals surface area contributed by atoms with Crippen molar-refractivity contribution < 1.29 is 19.4 Å². The Kier molecular flexibility index (Phi) is 10.2. The van der Waals surface area contributed by atoms with E-state index in [9.17, 15) is 9.90 Å². The molecule has 5 aromatic rings. The fraction of sp³-hybridized carbons (Fsp3) is 0.229. The van der Waals surface area contributed by atoms with Gasteiger partial charge in [0.15, 0.2) is 11.4 Å². The van der Waals surface area contributed by atoms with E-state index in [1.165, 1.54) is 6.33 Å². The molecule has 4 N–H and O–H groups in total. The van der Waals surface area contributed by atoms with Crippen LogP contribution in [0.2, 0.25) is 0 Å². The van der Waals surface area contributed by atoms with E-state index in [1.807, 2.05) is 84.9 Å². The minimum Gasteiger partial charge on any atom is -0.392 e. The predicted octanol–water partition coefficient (Wildman–Crippen LogP) is 6.30. The fourth-order valence-corrected chi connectivity index (χ4v) is 6.05. The van der Waals surface area contributed by atoms with Gasteiger partial charge in [-0.3, -0.25) is 5.10 Å². The number of aromatic nitrogens is 3. The highest BCUT2D eigenvalue weighted by molar-refractivity contribution is 7.99. The summed E-state index contributed by atoms with van der Waals surface area (Å²) >= 11 is 1.57. The van der Waals surface area contributed by atoms with Crippen LogP contribution in [-0.2, 0) is 29.2 Å². The van der Waals surface area contributed by atoms with Crippen LogP contribution in [0.15, 0.2) is 115 Å². The second-order valence-corrected chi connectivity index (χ2v) is 11.8. The zero-order valence-electron chi connectivity index (χ0n) is 24.6. The molecule has 2 amide bonds. The number of benzene rings is 4. The summed E-state index contributed by atoms with van der Waals surface area (Å²) in [6.45, 7) is 0.866. The number of nitrogens with zero attached hydrogens (tertiary/aromatic N) is 2. The first-order valence-corrected chi connectivity index (χ1v) is 15.9. The first kappa shape index (κ1) is 30.5. The maximum atomic E-state index is 12.5. The van der Waals surface area contributed by atoms with E-state index in [4.69, 9.17) is 9.47 Å². The van der Waals surface area contributed by atoms with Crippen molar-refractivity contribution in [3.63, 3.8) is 0 Å². The Bertz CT molecular complexity index is 1650. The molecular weight excluding hydrogens is 586 g/mol. The lowest BCUT2D eigenvalue weighted by Crippen LogP contribution is -2.34. The summed E-state index contributed by atoms with van der Waals surface area (Å²) in [7, 11) is 0. The Morgan fingerprint density at radius 3 is 2.33 bits per heavy atom. The van der Waals surface area contributed by atoms with Gasteiger partial charge in [-0.15, -0.1) is 0 Å². The van der Waals surface area contributed by atoms with E-state index in [0.29, 0.717) is 25.3 Å².